The maximum atomic E-state index is 13.3. The third-order valence-corrected chi connectivity index (χ3v) is 3.28. The highest BCUT2D eigenvalue weighted by atomic mass is 19.1. The van der Waals surface area contributed by atoms with Crippen LogP contribution in [0.3, 0.4) is 0 Å². The van der Waals surface area contributed by atoms with E-state index in [0.717, 1.165) is 29.9 Å². The third kappa shape index (κ3) is 2.52. The minimum Gasteiger partial charge on any atom is -0.396 e. The number of rotatable bonds is 4. The van der Waals surface area contributed by atoms with Crippen molar-refractivity contribution in [1.82, 2.24) is 19.3 Å². The largest absolute Gasteiger partial charge is 0.396 e. The van der Waals surface area contributed by atoms with E-state index in [-0.39, 0.29) is 5.69 Å². The fourth-order valence-corrected chi connectivity index (χ4v) is 2.24. The molecule has 2 heterocycles. The summed E-state index contributed by atoms with van der Waals surface area (Å²) in [6, 6.07) is 4.62. The van der Waals surface area contributed by atoms with E-state index in [1.165, 1.54) is 6.07 Å². The number of nitrogen functional groups attached to an aromatic ring is 1. The van der Waals surface area contributed by atoms with Crippen molar-refractivity contribution in [2.24, 2.45) is 0 Å². The molecule has 0 aliphatic carbocycles. The number of imidazole rings is 1. The number of nitrogens with two attached hydrogens (primary N) is 1. The topological polar surface area (TPSA) is 61.7 Å². The van der Waals surface area contributed by atoms with Crippen LogP contribution in [0.4, 0.5) is 10.1 Å². The van der Waals surface area contributed by atoms with Crippen molar-refractivity contribution in [3.8, 4) is 16.9 Å². The highest BCUT2D eigenvalue weighted by molar-refractivity contribution is 5.61. The molecule has 0 amide bonds. The van der Waals surface area contributed by atoms with Crippen molar-refractivity contribution >= 4 is 5.69 Å². The van der Waals surface area contributed by atoms with Gasteiger partial charge in [-0.2, -0.15) is 5.10 Å². The molecule has 2 aromatic heterocycles. The Kier molecular flexibility index (Phi) is 3.43. The van der Waals surface area contributed by atoms with Gasteiger partial charge in [-0.05, 0) is 24.6 Å². The van der Waals surface area contributed by atoms with Gasteiger partial charge < -0.3 is 5.73 Å². The van der Waals surface area contributed by atoms with Crippen LogP contribution < -0.4 is 5.73 Å². The normalized spacial score (nSPS) is 11.0. The lowest BCUT2D eigenvalue weighted by molar-refractivity contribution is 0.603. The lowest BCUT2D eigenvalue weighted by atomic mass is 10.2. The van der Waals surface area contributed by atoms with Gasteiger partial charge in [-0.3, -0.25) is 9.25 Å². The predicted octanol–water partition coefficient (Wildman–Crippen LogP) is 2.87. The summed E-state index contributed by atoms with van der Waals surface area (Å²) >= 11 is 0. The molecule has 1 aromatic carbocycles. The highest BCUT2D eigenvalue weighted by Gasteiger charge is 2.10. The van der Waals surface area contributed by atoms with Gasteiger partial charge in [0.1, 0.15) is 5.82 Å². The first-order chi connectivity index (χ1) is 10.2. The zero-order valence-corrected chi connectivity index (χ0v) is 11.7. The number of halogens is 1. The molecule has 2 N–H and O–H groups in total. The second kappa shape index (κ2) is 5.40. The summed E-state index contributed by atoms with van der Waals surface area (Å²) in [6.45, 7) is 2.98. The van der Waals surface area contributed by atoms with E-state index in [2.05, 4.69) is 17.0 Å². The van der Waals surface area contributed by atoms with Crippen LogP contribution >= 0.6 is 0 Å². The van der Waals surface area contributed by atoms with Crippen LogP contribution in [0.2, 0.25) is 0 Å². The van der Waals surface area contributed by atoms with Gasteiger partial charge in [-0.1, -0.05) is 6.92 Å². The minimum absolute atomic E-state index is 0.119. The van der Waals surface area contributed by atoms with Gasteiger partial charge in [-0.15, -0.1) is 0 Å². The summed E-state index contributed by atoms with van der Waals surface area (Å²) in [4.78, 5) is 4.17. The molecule has 0 aliphatic heterocycles. The average molecular weight is 285 g/mol. The van der Waals surface area contributed by atoms with Gasteiger partial charge >= 0.3 is 0 Å². The Morgan fingerprint density at radius 3 is 2.90 bits per heavy atom. The van der Waals surface area contributed by atoms with E-state index in [9.17, 15) is 4.39 Å². The molecule has 0 bridgehead atoms. The summed E-state index contributed by atoms with van der Waals surface area (Å²) in [5.41, 5.74) is 8.38. The van der Waals surface area contributed by atoms with Crippen LogP contribution in [0.5, 0.6) is 0 Å². The van der Waals surface area contributed by atoms with Crippen molar-refractivity contribution in [3.63, 3.8) is 0 Å². The van der Waals surface area contributed by atoms with Crippen molar-refractivity contribution < 1.29 is 4.39 Å². The molecule has 21 heavy (non-hydrogen) atoms. The number of benzene rings is 1. The maximum absolute atomic E-state index is 13.3. The van der Waals surface area contributed by atoms with E-state index in [0.29, 0.717) is 0 Å². The van der Waals surface area contributed by atoms with E-state index in [1.54, 1.807) is 30.9 Å². The highest BCUT2D eigenvalue weighted by Crippen LogP contribution is 2.24. The van der Waals surface area contributed by atoms with Gasteiger partial charge in [0.15, 0.2) is 0 Å². The fraction of sp³-hybridized carbons (Fsp3) is 0.200. The molecule has 0 radical (unpaired) electrons. The van der Waals surface area contributed by atoms with Gasteiger partial charge in [-0.25, -0.2) is 9.37 Å². The van der Waals surface area contributed by atoms with Gasteiger partial charge in [0.05, 0.1) is 30.1 Å². The van der Waals surface area contributed by atoms with Gasteiger partial charge in [0, 0.05) is 24.0 Å². The molecule has 108 valence electrons. The molecule has 5 nitrogen and oxygen atoms in total. The Hall–Kier alpha value is -2.63. The molecule has 0 atom stereocenters. The molecular weight excluding hydrogens is 269 g/mol. The SMILES string of the molecule is CCCn1cc(-c2cncn2-c2ccc(F)c(N)c2)cn1. The van der Waals surface area contributed by atoms with Crippen molar-refractivity contribution in [1.29, 1.82) is 0 Å². The summed E-state index contributed by atoms with van der Waals surface area (Å²) in [7, 11) is 0. The van der Waals surface area contributed by atoms with Crippen LogP contribution in [0.1, 0.15) is 13.3 Å². The smallest absolute Gasteiger partial charge is 0.146 e. The molecule has 0 saturated heterocycles. The number of hydrogen-bond acceptors (Lipinski definition) is 3. The fourth-order valence-electron chi connectivity index (χ4n) is 2.24. The zero-order valence-electron chi connectivity index (χ0n) is 11.7. The van der Waals surface area contributed by atoms with Crippen LogP contribution in [-0.2, 0) is 6.54 Å². The maximum Gasteiger partial charge on any atom is 0.146 e. The summed E-state index contributed by atoms with van der Waals surface area (Å²) in [5.74, 6) is -0.420. The molecule has 0 aliphatic rings. The molecular formula is C15H16FN5. The number of nitrogens with zero attached hydrogens (tertiary/aromatic N) is 4. The number of anilines is 1. The van der Waals surface area contributed by atoms with Gasteiger partial charge in [0.2, 0.25) is 0 Å². The van der Waals surface area contributed by atoms with E-state index >= 15 is 0 Å². The second-order valence-electron chi connectivity index (χ2n) is 4.85. The molecule has 0 spiro atoms. The van der Waals surface area contributed by atoms with Crippen molar-refractivity contribution in [2.75, 3.05) is 5.73 Å². The summed E-state index contributed by atoms with van der Waals surface area (Å²) < 4.78 is 17.0. The van der Waals surface area contributed by atoms with Crippen LogP contribution in [0.15, 0.2) is 43.1 Å². The first kappa shape index (κ1) is 13.4. The van der Waals surface area contributed by atoms with Crippen LogP contribution in [0.25, 0.3) is 16.9 Å². The second-order valence-corrected chi connectivity index (χ2v) is 4.85. The Labute approximate surface area is 121 Å². The lowest BCUT2D eigenvalue weighted by Gasteiger charge is -2.08. The van der Waals surface area contributed by atoms with E-state index in [1.807, 2.05) is 15.4 Å². The quantitative estimate of drug-likeness (QED) is 0.750. The van der Waals surface area contributed by atoms with E-state index in [4.69, 9.17) is 5.73 Å². The van der Waals surface area contributed by atoms with Crippen molar-refractivity contribution in [2.45, 2.75) is 19.9 Å². The first-order valence-electron chi connectivity index (χ1n) is 6.79. The summed E-state index contributed by atoms with van der Waals surface area (Å²) in [6.07, 6.45) is 8.24. The van der Waals surface area contributed by atoms with Crippen LogP contribution in [-0.4, -0.2) is 19.3 Å². The van der Waals surface area contributed by atoms with Crippen molar-refractivity contribution in [3.05, 3.63) is 48.9 Å². The monoisotopic (exact) mass is 285 g/mol. The Morgan fingerprint density at radius 1 is 1.29 bits per heavy atom. The predicted molar refractivity (Wildman–Crippen MR) is 79.4 cm³/mol. The number of aromatic nitrogens is 4. The Bertz CT molecular complexity index is 759. The number of hydrogen-bond donors (Lipinski definition) is 1. The average Bonchev–Trinajstić information content (AvgIpc) is 3.10. The molecule has 6 heteroatoms. The molecule has 0 unspecified atom stereocenters. The number of aryl methyl sites for hydroxylation is 1. The molecule has 0 saturated carbocycles. The Balaban J connectivity index is 2.01. The Morgan fingerprint density at radius 2 is 2.14 bits per heavy atom. The summed E-state index contributed by atoms with van der Waals surface area (Å²) in [5, 5.41) is 4.32. The molecule has 3 rings (SSSR count). The van der Waals surface area contributed by atoms with Crippen LogP contribution in [0, 0.1) is 5.82 Å². The van der Waals surface area contributed by atoms with Gasteiger partial charge in [0.25, 0.3) is 0 Å². The lowest BCUT2D eigenvalue weighted by Crippen LogP contribution is -1.98. The zero-order chi connectivity index (χ0) is 14.8. The first-order valence-corrected chi connectivity index (χ1v) is 6.79. The van der Waals surface area contributed by atoms with E-state index < -0.39 is 5.82 Å². The molecule has 0 fully saturated rings. The molecule has 3 aromatic rings. The standard InChI is InChI=1S/C15H16FN5/c1-2-5-20-9-11(7-19-20)15-8-18-10-21(15)12-3-4-13(16)14(17)6-12/h3-4,6-10H,2,5,17H2,1H3. The third-order valence-electron chi connectivity index (χ3n) is 3.28. The minimum atomic E-state index is -0.420.